The number of hydrogen-bond acceptors (Lipinski definition) is 6. The minimum absolute atomic E-state index is 0.241. The highest BCUT2D eigenvalue weighted by molar-refractivity contribution is 7.78. The van der Waals surface area contributed by atoms with Gasteiger partial charge in [-0.1, -0.05) is 37.1 Å². The van der Waals surface area contributed by atoms with Gasteiger partial charge in [0.2, 0.25) is 0 Å². The molecule has 1 atom stereocenters. The molecule has 0 amide bonds. The van der Waals surface area contributed by atoms with Gasteiger partial charge in [-0.15, -0.1) is 11.3 Å². The van der Waals surface area contributed by atoms with Gasteiger partial charge in [0.25, 0.3) is 0 Å². The van der Waals surface area contributed by atoms with Crippen LogP contribution < -0.4 is 10.5 Å². The Hall–Kier alpha value is -3.07. The van der Waals surface area contributed by atoms with E-state index in [1.54, 1.807) is 48.7 Å². The zero-order valence-corrected chi connectivity index (χ0v) is 22.6. The largest absolute Gasteiger partial charge is 0.404 e. The van der Waals surface area contributed by atoms with Crippen LogP contribution in [0, 0.1) is 30.9 Å². The van der Waals surface area contributed by atoms with E-state index in [0.29, 0.717) is 42.8 Å². The van der Waals surface area contributed by atoms with Gasteiger partial charge in [-0.2, -0.15) is 0 Å². The van der Waals surface area contributed by atoms with E-state index < -0.39 is 5.41 Å². The Morgan fingerprint density at radius 1 is 1.24 bits per heavy atom. The molecule has 8 heteroatoms. The van der Waals surface area contributed by atoms with E-state index >= 15 is 0 Å². The molecule has 1 unspecified atom stereocenters. The second kappa shape index (κ2) is 11.5. The quantitative estimate of drug-likeness (QED) is 0.270. The van der Waals surface area contributed by atoms with E-state index in [4.69, 9.17) is 10.7 Å². The minimum Gasteiger partial charge on any atom is -0.404 e. The van der Waals surface area contributed by atoms with Crippen LogP contribution in [0.2, 0.25) is 0 Å². The number of aryl methyl sites for hydroxylation is 2. The number of allylic oxidation sites excluding steroid dienone is 3. The zero-order valence-electron chi connectivity index (χ0n) is 20.9. The number of thiazole rings is 1. The Labute approximate surface area is 226 Å². The van der Waals surface area contributed by atoms with Crippen LogP contribution >= 0.6 is 24.2 Å². The summed E-state index contributed by atoms with van der Waals surface area (Å²) in [6.07, 6.45) is 7.12. The van der Waals surface area contributed by atoms with Crippen LogP contribution in [0.5, 0.6) is 0 Å². The van der Waals surface area contributed by atoms with Crippen molar-refractivity contribution in [2.75, 3.05) is 6.54 Å². The second-order valence-electron chi connectivity index (χ2n) is 9.27. The lowest BCUT2D eigenvalue weighted by Crippen LogP contribution is -2.35. The first kappa shape index (κ1) is 27.0. The Balaban J connectivity index is 1.90. The van der Waals surface area contributed by atoms with Gasteiger partial charge < -0.3 is 5.73 Å². The molecule has 1 aliphatic carbocycles. The standard InChI is InChI=1S/C29H30F2N4S2/c1-18-4-5-21(12-26(18)31)14-29(20(3)28-33-17-19(2)37-28)15-22(16-32)27(13-23(29)10-11-34-36)35-25-8-6-24(30)7-9-25/h4-9,12-13,16-17,34,36H,3,10-11,14-15,32H2,1-2H3. The molecular formula is C29H30F2N4S2. The number of thiol groups is 1. The molecule has 2 aromatic carbocycles. The van der Waals surface area contributed by atoms with E-state index in [2.05, 4.69) is 29.1 Å². The van der Waals surface area contributed by atoms with Crippen LogP contribution in [0.4, 0.5) is 14.5 Å². The molecule has 0 aliphatic heterocycles. The lowest BCUT2D eigenvalue weighted by atomic mass is 9.62. The van der Waals surface area contributed by atoms with Crippen molar-refractivity contribution in [2.45, 2.75) is 33.1 Å². The first-order valence-electron chi connectivity index (χ1n) is 12.0. The third-order valence-corrected chi connectivity index (χ3v) is 7.93. The van der Waals surface area contributed by atoms with Gasteiger partial charge in [0.05, 0.1) is 11.4 Å². The van der Waals surface area contributed by atoms with E-state index in [1.807, 2.05) is 25.3 Å². The predicted octanol–water partition coefficient (Wildman–Crippen LogP) is 7.05. The topological polar surface area (TPSA) is 63.3 Å². The molecule has 3 N–H and O–H groups in total. The van der Waals surface area contributed by atoms with E-state index in [9.17, 15) is 8.78 Å². The number of nitrogens with zero attached hydrogens (tertiary/aromatic N) is 2. The number of hydrogen-bond donors (Lipinski definition) is 3. The van der Waals surface area contributed by atoms with Crippen molar-refractivity contribution in [3.63, 3.8) is 0 Å². The summed E-state index contributed by atoms with van der Waals surface area (Å²) in [5, 5.41) is 0.838. The molecule has 0 radical (unpaired) electrons. The molecule has 37 heavy (non-hydrogen) atoms. The number of nitrogens with one attached hydrogen (secondary N) is 1. The van der Waals surface area contributed by atoms with Crippen molar-refractivity contribution in [3.05, 3.63) is 111 Å². The van der Waals surface area contributed by atoms with Gasteiger partial charge in [-0.05, 0) is 98.0 Å². The van der Waals surface area contributed by atoms with E-state index in [0.717, 1.165) is 32.2 Å². The summed E-state index contributed by atoms with van der Waals surface area (Å²) in [5.41, 5.74) is 11.1. The number of rotatable bonds is 8. The van der Waals surface area contributed by atoms with Crippen LogP contribution in [0.3, 0.4) is 0 Å². The third-order valence-electron chi connectivity index (χ3n) is 6.73. The molecule has 0 saturated carbocycles. The molecular weight excluding hydrogens is 506 g/mol. The van der Waals surface area contributed by atoms with Crippen LogP contribution in [-0.2, 0) is 6.42 Å². The molecule has 1 aliphatic rings. The molecule has 0 bridgehead atoms. The lowest BCUT2D eigenvalue weighted by Gasteiger charge is -2.42. The van der Waals surface area contributed by atoms with Crippen LogP contribution in [0.25, 0.3) is 5.57 Å². The first-order chi connectivity index (χ1) is 17.8. The molecule has 3 aromatic rings. The Morgan fingerprint density at radius 3 is 2.62 bits per heavy atom. The SMILES string of the molecule is C=C(c1ncc(C)s1)C1(Cc2ccc(C)c(F)c2)CC(=CN)C(=Nc2ccc(F)cc2)C=C1CCNS. The first-order valence-corrected chi connectivity index (χ1v) is 13.2. The van der Waals surface area contributed by atoms with Crippen molar-refractivity contribution >= 4 is 41.1 Å². The zero-order chi connectivity index (χ0) is 26.6. The monoisotopic (exact) mass is 536 g/mol. The molecule has 0 spiro atoms. The average molecular weight is 537 g/mol. The molecule has 0 saturated heterocycles. The Kier molecular flexibility index (Phi) is 8.42. The number of benzene rings is 2. The summed E-state index contributed by atoms with van der Waals surface area (Å²) in [6, 6.07) is 11.4. The minimum atomic E-state index is -0.608. The number of aliphatic imine (C=N–C) groups is 1. The summed E-state index contributed by atoms with van der Waals surface area (Å²) < 4.78 is 31.0. The summed E-state index contributed by atoms with van der Waals surface area (Å²) in [4.78, 5) is 10.5. The van der Waals surface area contributed by atoms with Crippen molar-refractivity contribution in [3.8, 4) is 0 Å². The summed E-state index contributed by atoms with van der Waals surface area (Å²) in [5.74, 6) is -0.562. The summed E-state index contributed by atoms with van der Waals surface area (Å²) in [7, 11) is 0. The number of aromatic nitrogens is 1. The number of nitrogens with two attached hydrogens (primary N) is 1. The third kappa shape index (κ3) is 5.92. The predicted molar refractivity (Wildman–Crippen MR) is 153 cm³/mol. The summed E-state index contributed by atoms with van der Waals surface area (Å²) in [6.45, 7) is 8.91. The molecule has 192 valence electrons. The van der Waals surface area contributed by atoms with E-state index in [-0.39, 0.29) is 11.6 Å². The van der Waals surface area contributed by atoms with Crippen molar-refractivity contribution in [2.24, 2.45) is 16.1 Å². The van der Waals surface area contributed by atoms with E-state index in [1.165, 1.54) is 12.1 Å². The fourth-order valence-corrected chi connectivity index (χ4v) is 5.65. The smallest absolute Gasteiger partial charge is 0.126 e. The van der Waals surface area contributed by atoms with Crippen molar-refractivity contribution in [1.29, 1.82) is 0 Å². The maximum absolute atomic E-state index is 14.6. The van der Waals surface area contributed by atoms with Gasteiger partial charge >= 0.3 is 0 Å². The Morgan fingerprint density at radius 2 is 2.00 bits per heavy atom. The molecule has 4 rings (SSSR count). The van der Waals surface area contributed by atoms with Gasteiger partial charge in [-0.3, -0.25) is 4.72 Å². The maximum atomic E-state index is 14.6. The Bertz CT molecular complexity index is 1390. The second-order valence-corrected chi connectivity index (χ2v) is 10.8. The fraction of sp³-hybridized carbons (Fsp3) is 0.241. The lowest BCUT2D eigenvalue weighted by molar-refractivity contribution is 0.452. The molecule has 1 aromatic heterocycles. The molecule has 0 fully saturated rings. The average Bonchev–Trinajstić information content (AvgIpc) is 3.33. The van der Waals surface area contributed by atoms with Crippen molar-refractivity contribution in [1.82, 2.24) is 9.71 Å². The number of halogens is 2. The van der Waals surface area contributed by atoms with Gasteiger partial charge in [-0.25, -0.2) is 18.8 Å². The normalized spacial score (nSPS) is 19.9. The van der Waals surface area contributed by atoms with Gasteiger partial charge in [0, 0.05) is 23.0 Å². The highest BCUT2D eigenvalue weighted by Gasteiger charge is 2.43. The highest BCUT2D eigenvalue weighted by atomic mass is 32.1. The van der Waals surface area contributed by atoms with Crippen molar-refractivity contribution < 1.29 is 8.78 Å². The van der Waals surface area contributed by atoms with Gasteiger partial charge in [0.1, 0.15) is 16.6 Å². The molecule has 4 nitrogen and oxygen atoms in total. The maximum Gasteiger partial charge on any atom is 0.126 e. The highest BCUT2D eigenvalue weighted by Crippen LogP contribution is 2.52. The summed E-state index contributed by atoms with van der Waals surface area (Å²) >= 11 is 5.80. The van der Waals surface area contributed by atoms with Crippen LogP contribution in [-0.4, -0.2) is 17.2 Å². The fourth-order valence-electron chi connectivity index (χ4n) is 4.71. The van der Waals surface area contributed by atoms with Crippen LogP contribution in [0.1, 0.15) is 33.9 Å². The van der Waals surface area contributed by atoms with Gasteiger partial charge in [0.15, 0.2) is 0 Å². The van der Waals surface area contributed by atoms with Crippen LogP contribution in [0.15, 0.2) is 83.7 Å². The molecule has 1 heterocycles.